The van der Waals surface area contributed by atoms with Gasteiger partial charge in [-0.05, 0) is 35.4 Å². The summed E-state index contributed by atoms with van der Waals surface area (Å²) in [5.41, 5.74) is 2.90. The summed E-state index contributed by atoms with van der Waals surface area (Å²) < 4.78 is 5.14. The minimum Gasteiger partial charge on any atom is -0.497 e. The summed E-state index contributed by atoms with van der Waals surface area (Å²) in [5, 5.41) is 3.36. The molecule has 1 saturated heterocycles. The van der Waals surface area contributed by atoms with Gasteiger partial charge in [0, 0.05) is 38.3 Å². The highest BCUT2D eigenvalue weighted by Gasteiger charge is 2.10. The molecule has 0 atom stereocenters. The zero-order chi connectivity index (χ0) is 17.5. The lowest BCUT2D eigenvalue weighted by Gasteiger charge is -2.27. The Bertz CT molecular complexity index is 732. The molecule has 25 heavy (non-hydrogen) atoms. The van der Waals surface area contributed by atoms with Crippen molar-refractivity contribution >= 4 is 11.9 Å². The Hall–Kier alpha value is -2.43. The average Bonchev–Trinajstić information content (AvgIpc) is 2.67. The second-order valence-corrected chi connectivity index (χ2v) is 6.20. The monoisotopic (exact) mass is 336 g/mol. The van der Waals surface area contributed by atoms with Gasteiger partial charge in [-0.1, -0.05) is 36.4 Å². The molecule has 0 bridgehead atoms. The third-order valence-electron chi connectivity index (χ3n) is 4.37. The van der Waals surface area contributed by atoms with Gasteiger partial charge in [0.25, 0.3) is 0 Å². The molecule has 130 valence electrons. The van der Waals surface area contributed by atoms with Crippen LogP contribution in [0.4, 0.5) is 0 Å². The number of piperazine rings is 1. The van der Waals surface area contributed by atoms with Crippen molar-refractivity contribution in [2.24, 2.45) is 0 Å². The maximum atomic E-state index is 12.5. The van der Waals surface area contributed by atoms with E-state index in [0.29, 0.717) is 0 Å². The van der Waals surface area contributed by atoms with Crippen molar-refractivity contribution in [2.75, 3.05) is 33.3 Å². The molecule has 4 heteroatoms. The van der Waals surface area contributed by atoms with Crippen molar-refractivity contribution in [2.45, 2.75) is 6.54 Å². The Morgan fingerprint density at radius 1 is 1.16 bits per heavy atom. The van der Waals surface area contributed by atoms with Crippen molar-refractivity contribution < 1.29 is 9.53 Å². The van der Waals surface area contributed by atoms with Crippen LogP contribution in [0.2, 0.25) is 0 Å². The van der Waals surface area contributed by atoms with Gasteiger partial charge in [-0.2, -0.15) is 0 Å². The van der Waals surface area contributed by atoms with E-state index < -0.39 is 0 Å². The summed E-state index contributed by atoms with van der Waals surface area (Å²) in [6.45, 7) is 5.06. The second-order valence-electron chi connectivity index (χ2n) is 6.20. The third kappa shape index (κ3) is 5.02. The average molecular weight is 336 g/mol. The number of ketones is 1. The van der Waals surface area contributed by atoms with Gasteiger partial charge in [0.05, 0.1) is 7.11 Å². The molecule has 1 aliphatic heterocycles. The molecule has 1 heterocycles. The van der Waals surface area contributed by atoms with Crippen LogP contribution in [0.5, 0.6) is 5.75 Å². The van der Waals surface area contributed by atoms with E-state index in [1.54, 1.807) is 13.2 Å². The first-order valence-electron chi connectivity index (χ1n) is 8.63. The molecule has 2 aromatic carbocycles. The van der Waals surface area contributed by atoms with E-state index >= 15 is 0 Å². The maximum Gasteiger partial charge on any atom is 0.185 e. The van der Waals surface area contributed by atoms with Gasteiger partial charge in [-0.3, -0.25) is 9.69 Å². The highest BCUT2D eigenvalue weighted by Crippen LogP contribution is 2.14. The minimum atomic E-state index is 0.0259. The number of hydrogen-bond donors (Lipinski definition) is 1. The number of nitrogens with one attached hydrogen (secondary N) is 1. The van der Waals surface area contributed by atoms with E-state index in [2.05, 4.69) is 16.3 Å². The number of benzene rings is 2. The van der Waals surface area contributed by atoms with Crippen LogP contribution in [-0.2, 0) is 6.54 Å². The molecular weight excluding hydrogens is 312 g/mol. The fourth-order valence-corrected chi connectivity index (χ4v) is 2.93. The van der Waals surface area contributed by atoms with E-state index in [1.807, 2.05) is 48.5 Å². The Morgan fingerprint density at radius 2 is 1.92 bits per heavy atom. The maximum absolute atomic E-state index is 12.5. The van der Waals surface area contributed by atoms with E-state index in [9.17, 15) is 4.79 Å². The van der Waals surface area contributed by atoms with E-state index in [1.165, 1.54) is 5.56 Å². The molecule has 2 aromatic rings. The van der Waals surface area contributed by atoms with Gasteiger partial charge in [0.2, 0.25) is 0 Å². The van der Waals surface area contributed by atoms with Crippen LogP contribution in [-0.4, -0.2) is 44.0 Å². The number of carbonyl (C=O) groups excluding carboxylic acids is 1. The topological polar surface area (TPSA) is 41.6 Å². The smallest absolute Gasteiger partial charge is 0.185 e. The van der Waals surface area contributed by atoms with E-state index in [0.717, 1.165) is 49.6 Å². The van der Waals surface area contributed by atoms with Crippen LogP contribution in [0.25, 0.3) is 6.08 Å². The Kier molecular flexibility index (Phi) is 5.99. The molecule has 0 aromatic heterocycles. The number of hydrogen-bond acceptors (Lipinski definition) is 4. The number of allylic oxidation sites excluding steroid dienone is 1. The zero-order valence-corrected chi connectivity index (χ0v) is 14.6. The van der Waals surface area contributed by atoms with Crippen molar-refractivity contribution in [3.05, 3.63) is 71.3 Å². The predicted molar refractivity (Wildman–Crippen MR) is 101 cm³/mol. The van der Waals surface area contributed by atoms with Gasteiger partial charge in [-0.25, -0.2) is 0 Å². The summed E-state index contributed by atoms with van der Waals surface area (Å²) in [6, 6.07) is 15.6. The summed E-state index contributed by atoms with van der Waals surface area (Å²) in [5.74, 6) is 0.835. The lowest BCUT2D eigenvalue weighted by molar-refractivity contribution is 0.104. The SMILES string of the molecule is COc1ccc(C=CC(=O)c2cccc(CN3CCNCC3)c2)cc1. The number of carbonyl (C=O) groups is 1. The quantitative estimate of drug-likeness (QED) is 0.650. The molecule has 3 rings (SSSR count). The lowest BCUT2D eigenvalue weighted by atomic mass is 10.1. The van der Waals surface area contributed by atoms with Crippen LogP contribution in [0.15, 0.2) is 54.6 Å². The second kappa shape index (κ2) is 8.60. The minimum absolute atomic E-state index is 0.0259. The van der Waals surface area contributed by atoms with Gasteiger partial charge >= 0.3 is 0 Å². The fourth-order valence-electron chi connectivity index (χ4n) is 2.93. The molecule has 1 aliphatic rings. The van der Waals surface area contributed by atoms with Gasteiger partial charge in [0.1, 0.15) is 5.75 Å². The summed E-state index contributed by atoms with van der Waals surface area (Å²) >= 11 is 0. The molecule has 1 fully saturated rings. The molecule has 0 radical (unpaired) electrons. The fraction of sp³-hybridized carbons (Fsp3) is 0.286. The Balaban J connectivity index is 1.64. The van der Waals surface area contributed by atoms with Crippen LogP contribution in [0.3, 0.4) is 0 Å². The van der Waals surface area contributed by atoms with E-state index in [-0.39, 0.29) is 5.78 Å². The standard InChI is InChI=1S/C21H24N2O2/c1-25-20-8-5-17(6-9-20)7-10-21(24)19-4-2-3-18(15-19)16-23-13-11-22-12-14-23/h2-10,15,22H,11-14,16H2,1H3. The van der Waals surface area contributed by atoms with Crippen LogP contribution >= 0.6 is 0 Å². The molecule has 0 spiro atoms. The highest BCUT2D eigenvalue weighted by molar-refractivity contribution is 6.06. The first-order chi connectivity index (χ1) is 12.2. The van der Waals surface area contributed by atoms with Crippen molar-refractivity contribution in [1.82, 2.24) is 10.2 Å². The van der Waals surface area contributed by atoms with Gasteiger partial charge < -0.3 is 10.1 Å². The Labute approximate surface area is 149 Å². The van der Waals surface area contributed by atoms with Crippen molar-refractivity contribution in [3.8, 4) is 5.75 Å². The molecule has 0 aliphatic carbocycles. The molecule has 0 unspecified atom stereocenters. The van der Waals surface area contributed by atoms with Crippen molar-refractivity contribution in [3.63, 3.8) is 0 Å². The largest absolute Gasteiger partial charge is 0.497 e. The normalized spacial score (nSPS) is 15.4. The zero-order valence-electron chi connectivity index (χ0n) is 14.6. The number of rotatable bonds is 6. The molecular formula is C21H24N2O2. The predicted octanol–water partition coefficient (Wildman–Crippen LogP) is 3.00. The summed E-state index contributed by atoms with van der Waals surface area (Å²) in [7, 11) is 1.64. The number of methoxy groups -OCH3 is 1. The first-order valence-corrected chi connectivity index (χ1v) is 8.63. The van der Waals surface area contributed by atoms with Crippen LogP contribution < -0.4 is 10.1 Å². The van der Waals surface area contributed by atoms with Crippen molar-refractivity contribution in [1.29, 1.82) is 0 Å². The third-order valence-corrected chi connectivity index (χ3v) is 4.37. The van der Waals surface area contributed by atoms with Crippen LogP contribution in [0, 0.1) is 0 Å². The van der Waals surface area contributed by atoms with Gasteiger partial charge in [0.15, 0.2) is 5.78 Å². The first kappa shape index (κ1) is 17.4. The Morgan fingerprint density at radius 3 is 2.64 bits per heavy atom. The molecule has 4 nitrogen and oxygen atoms in total. The number of ether oxygens (including phenoxy) is 1. The molecule has 0 amide bonds. The molecule has 1 N–H and O–H groups in total. The van der Waals surface area contributed by atoms with Gasteiger partial charge in [-0.15, -0.1) is 0 Å². The van der Waals surface area contributed by atoms with Crippen LogP contribution in [0.1, 0.15) is 21.5 Å². The summed E-state index contributed by atoms with van der Waals surface area (Å²) in [6.07, 6.45) is 3.47. The summed E-state index contributed by atoms with van der Waals surface area (Å²) in [4.78, 5) is 14.9. The molecule has 0 saturated carbocycles. The highest BCUT2D eigenvalue weighted by atomic mass is 16.5. The number of nitrogens with zero attached hydrogens (tertiary/aromatic N) is 1. The lowest BCUT2D eigenvalue weighted by Crippen LogP contribution is -2.42. The van der Waals surface area contributed by atoms with E-state index in [4.69, 9.17) is 4.74 Å².